The first kappa shape index (κ1) is 34.7. The third-order valence-corrected chi connectivity index (χ3v) is 7.56. The van der Waals surface area contributed by atoms with E-state index in [2.05, 4.69) is 38.3 Å². The zero-order valence-corrected chi connectivity index (χ0v) is 27.3. The monoisotopic (exact) mass is 600 g/mol. The minimum absolute atomic E-state index is 0.0477. The number of unbranched alkanes of at least 4 members (excludes halogenated alkanes) is 6. The van der Waals surface area contributed by atoms with E-state index in [1.165, 1.54) is 12.8 Å². The number of nitrogens with one attached hydrogen (secondary N) is 2. The summed E-state index contributed by atoms with van der Waals surface area (Å²) in [6, 6.07) is 18.7. The summed E-state index contributed by atoms with van der Waals surface area (Å²) in [5, 5.41) is 6.48. The van der Waals surface area contributed by atoms with Crippen molar-refractivity contribution in [3.05, 3.63) is 81.1 Å². The first-order valence-corrected chi connectivity index (χ1v) is 16.7. The Hall–Kier alpha value is -3.80. The fourth-order valence-corrected chi connectivity index (χ4v) is 4.97. The molecule has 2 N–H and O–H groups in total. The average molecular weight is 601 g/mol. The number of ether oxygens (including phenoxy) is 2. The minimum atomic E-state index is -0.0477. The zero-order valence-electron chi connectivity index (χ0n) is 27.3. The van der Waals surface area contributed by atoms with E-state index in [0.29, 0.717) is 24.6 Å². The van der Waals surface area contributed by atoms with E-state index in [4.69, 9.17) is 9.47 Å². The van der Waals surface area contributed by atoms with Gasteiger partial charge < -0.3 is 20.1 Å². The molecule has 3 aromatic carbocycles. The van der Waals surface area contributed by atoms with Crippen LogP contribution in [-0.2, 0) is 0 Å². The van der Waals surface area contributed by atoms with Gasteiger partial charge in [-0.05, 0) is 73.2 Å². The molecule has 0 aromatic heterocycles. The highest BCUT2D eigenvalue weighted by Crippen LogP contribution is 2.41. The van der Waals surface area contributed by atoms with Gasteiger partial charge in [-0.3, -0.25) is 9.59 Å². The normalized spacial score (nSPS) is 10.8. The van der Waals surface area contributed by atoms with Gasteiger partial charge in [0.2, 0.25) is 10.9 Å². The third kappa shape index (κ3) is 10.7. The molecule has 6 heteroatoms. The predicted octanol–water partition coefficient (Wildman–Crippen LogP) is 9.30. The summed E-state index contributed by atoms with van der Waals surface area (Å²) in [5.41, 5.74) is 4.58. The lowest BCUT2D eigenvalue weighted by Gasteiger charge is -2.18. The maximum absolute atomic E-state index is 12.8. The Labute approximate surface area is 264 Å². The van der Waals surface area contributed by atoms with Crippen LogP contribution in [0.3, 0.4) is 0 Å². The van der Waals surface area contributed by atoms with E-state index in [9.17, 15) is 9.59 Å². The molecule has 0 radical (unpaired) electrons. The molecular weight excluding hydrogens is 548 g/mol. The second kappa shape index (κ2) is 19.5. The number of hydrogen-bond donors (Lipinski definition) is 2. The highest BCUT2D eigenvalue weighted by molar-refractivity contribution is 5.81. The second-order valence-electron chi connectivity index (χ2n) is 11.3. The maximum atomic E-state index is 12.8. The van der Waals surface area contributed by atoms with Gasteiger partial charge in [0.05, 0.1) is 24.6 Å². The van der Waals surface area contributed by atoms with Crippen molar-refractivity contribution in [2.75, 3.05) is 36.9 Å². The Morgan fingerprint density at radius 2 is 0.909 bits per heavy atom. The second-order valence-corrected chi connectivity index (χ2v) is 11.3. The molecule has 6 nitrogen and oxygen atoms in total. The van der Waals surface area contributed by atoms with Crippen molar-refractivity contribution in [2.24, 2.45) is 0 Å². The first-order chi connectivity index (χ1) is 21.5. The molecule has 0 aliphatic heterocycles. The van der Waals surface area contributed by atoms with Crippen LogP contribution in [-0.4, -0.2) is 26.3 Å². The lowest BCUT2D eigenvalue weighted by atomic mass is 9.99. The highest BCUT2D eigenvalue weighted by Gasteiger charge is 2.16. The van der Waals surface area contributed by atoms with E-state index in [1.807, 2.05) is 48.5 Å². The van der Waals surface area contributed by atoms with Crippen molar-refractivity contribution in [1.82, 2.24) is 0 Å². The van der Waals surface area contributed by atoms with Gasteiger partial charge in [-0.15, -0.1) is 0 Å². The maximum Gasteiger partial charge on any atom is 0.201 e. The number of benzene rings is 1. The summed E-state index contributed by atoms with van der Waals surface area (Å²) in [6.07, 6.45) is 10.7. The van der Waals surface area contributed by atoms with Crippen molar-refractivity contribution >= 4 is 11.4 Å². The quantitative estimate of drug-likeness (QED) is 0.126. The standard InChI is InChI=1S/C38H52N2O4/c1-5-9-11-13-25-43-37-27-32(30-16-20-34(40-24-8-4)36(42)22-18-30)38(44-26-14-12-10-6-2)28-31(37)29-15-19-33(39-23-7-3)35(41)21-17-29/h15-22,27-28H,5-14,23-26H2,1-4H3,(H,39,41)(H,40,42). The minimum Gasteiger partial charge on any atom is -0.493 e. The van der Waals surface area contributed by atoms with E-state index in [-0.39, 0.29) is 10.9 Å². The number of rotatable bonds is 20. The van der Waals surface area contributed by atoms with Crippen molar-refractivity contribution in [3.8, 4) is 33.8 Å². The van der Waals surface area contributed by atoms with Gasteiger partial charge >= 0.3 is 0 Å². The molecule has 0 saturated heterocycles. The van der Waals surface area contributed by atoms with E-state index in [1.54, 1.807) is 12.1 Å². The molecule has 0 aliphatic rings. The van der Waals surface area contributed by atoms with Gasteiger partial charge in [0.25, 0.3) is 0 Å². The van der Waals surface area contributed by atoms with Crippen LogP contribution in [0.15, 0.2) is 70.3 Å². The molecule has 0 saturated carbocycles. The Bertz CT molecular complexity index is 1310. The topological polar surface area (TPSA) is 76.7 Å². The van der Waals surface area contributed by atoms with Gasteiger partial charge in [-0.1, -0.05) is 90.5 Å². The summed E-state index contributed by atoms with van der Waals surface area (Å²) in [4.78, 5) is 25.6. The molecule has 0 heterocycles. The molecule has 0 unspecified atom stereocenters. The van der Waals surface area contributed by atoms with Crippen LogP contribution < -0.4 is 31.0 Å². The molecule has 0 fully saturated rings. The van der Waals surface area contributed by atoms with Crippen molar-refractivity contribution in [1.29, 1.82) is 0 Å². The number of anilines is 2. The van der Waals surface area contributed by atoms with Crippen LogP contribution in [0.5, 0.6) is 11.5 Å². The van der Waals surface area contributed by atoms with Crippen molar-refractivity contribution in [3.63, 3.8) is 0 Å². The first-order valence-electron chi connectivity index (χ1n) is 16.7. The zero-order chi connectivity index (χ0) is 31.6. The van der Waals surface area contributed by atoms with Gasteiger partial charge in [0, 0.05) is 24.2 Å². The molecule has 0 atom stereocenters. The van der Waals surface area contributed by atoms with Crippen molar-refractivity contribution in [2.45, 2.75) is 91.9 Å². The van der Waals surface area contributed by atoms with E-state index < -0.39 is 0 Å². The van der Waals surface area contributed by atoms with Crippen LogP contribution in [0.25, 0.3) is 22.3 Å². The molecule has 44 heavy (non-hydrogen) atoms. The van der Waals surface area contributed by atoms with Crippen LogP contribution in [0.1, 0.15) is 91.9 Å². The van der Waals surface area contributed by atoms with Gasteiger partial charge in [-0.2, -0.15) is 0 Å². The van der Waals surface area contributed by atoms with Gasteiger partial charge in [0.1, 0.15) is 11.5 Å². The van der Waals surface area contributed by atoms with Gasteiger partial charge in [0.15, 0.2) is 0 Å². The van der Waals surface area contributed by atoms with Crippen LogP contribution >= 0.6 is 0 Å². The molecule has 0 spiro atoms. The molecule has 0 bridgehead atoms. The van der Waals surface area contributed by atoms with Crippen LogP contribution in [0.4, 0.5) is 11.4 Å². The summed E-state index contributed by atoms with van der Waals surface area (Å²) in [7, 11) is 0. The molecule has 0 aliphatic carbocycles. The largest absolute Gasteiger partial charge is 0.493 e. The summed E-state index contributed by atoms with van der Waals surface area (Å²) < 4.78 is 12.9. The average Bonchev–Trinajstić information content (AvgIpc) is 3.33. The molecule has 3 aromatic rings. The van der Waals surface area contributed by atoms with Crippen LogP contribution in [0.2, 0.25) is 0 Å². The Kier molecular flexibility index (Phi) is 15.4. The fraction of sp³-hybridized carbons (Fsp3) is 0.474. The Morgan fingerprint density at radius 3 is 1.30 bits per heavy atom. The molecular formula is C38H52N2O4. The van der Waals surface area contributed by atoms with Gasteiger partial charge in [-0.25, -0.2) is 0 Å². The summed E-state index contributed by atoms with van der Waals surface area (Å²) in [5.74, 6) is 1.46. The SMILES string of the molecule is CCCCCCOc1cc(-c2ccc(NCCC)c(=O)cc2)c(OCCCCCC)cc1-c1ccc(NCCC)c(=O)cc1. The summed E-state index contributed by atoms with van der Waals surface area (Å²) in [6.45, 7) is 11.2. The fourth-order valence-electron chi connectivity index (χ4n) is 4.97. The van der Waals surface area contributed by atoms with Crippen LogP contribution in [0, 0.1) is 0 Å². The highest BCUT2D eigenvalue weighted by atomic mass is 16.5. The van der Waals surface area contributed by atoms with Crippen molar-refractivity contribution < 1.29 is 9.47 Å². The third-order valence-electron chi connectivity index (χ3n) is 7.56. The lowest BCUT2D eigenvalue weighted by Crippen LogP contribution is -2.08. The lowest BCUT2D eigenvalue weighted by molar-refractivity contribution is 0.299. The molecule has 3 rings (SSSR count). The summed E-state index contributed by atoms with van der Waals surface area (Å²) >= 11 is 0. The smallest absolute Gasteiger partial charge is 0.201 e. The Morgan fingerprint density at radius 1 is 0.500 bits per heavy atom. The van der Waals surface area contributed by atoms with E-state index >= 15 is 0 Å². The Balaban J connectivity index is 2.14. The van der Waals surface area contributed by atoms with E-state index in [0.717, 1.165) is 98.2 Å². The number of hydrogen-bond acceptors (Lipinski definition) is 6. The molecule has 0 amide bonds. The molecule has 238 valence electrons. The predicted molar refractivity (Wildman–Crippen MR) is 187 cm³/mol.